The Labute approximate surface area is 152 Å². The highest BCUT2D eigenvalue weighted by atomic mass is 35.5. The van der Waals surface area contributed by atoms with Crippen molar-refractivity contribution in [1.29, 1.82) is 0 Å². The summed E-state index contributed by atoms with van der Waals surface area (Å²) in [5, 5.41) is 6.32. The minimum Gasteiger partial charge on any atom is -0.334 e. The monoisotopic (exact) mass is 357 g/mol. The summed E-state index contributed by atoms with van der Waals surface area (Å²) in [4.78, 5) is 26.0. The lowest BCUT2D eigenvalue weighted by atomic mass is 10.2. The Hall–Kier alpha value is -2.53. The van der Waals surface area contributed by atoms with E-state index >= 15 is 0 Å². The maximum atomic E-state index is 12.2. The van der Waals surface area contributed by atoms with Crippen LogP contribution in [0.1, 0.15) is 17.5 Å². The summed E-state index contributed by atoms with van der Waals surface area (Å²) >= 11 is 5.84. The number of carbonyl (C=O) groups excluding carboxylic acids is 2. The zero-order valence-electron chi connectivity index (χ0n) is 14.0. The van der Waals surface area contributed by atoms with Crippen LogP contribution in [0.3, 0.4) is 0 Å². The first-order valence-corrected chi connectivity index (χ1v) is 8.55. The average molecular weight is 358 g/mol. The Morgan fingerprint density at radius 1 is 1.16 bits per heavy atom. The third-order valence-corrected chi connectivity index (χ3v) is 4.42. The molecule has 0 unspecified atom stereocenters. The molecule has 1 saturated heterocycles. The first-order valence-electron chi connectivity index (χ1n) is 8.17. The van der Waals surface area contributed by atoms with Crippen LogP contribution in [-0.2, 0) is 11.3 Å². The maximum absolute atomic E-state index is 12.2. The summed E-state index contributed by atoms with van der Waals surface area (Å²) in [5.74, 6) is 0.0202. The molecule has 0 bridgehead atoms. The van der Waals surface area contributed by atoms with E-state index in [0.717, 1.165) is 16.8 Å². The Balaban J connectivity index is 1.51. The second kappa shape index (κ2) is 7.57. The molecule has 25 heavy (non-hydrogen) atoms. The number of anilines is 1. The minimum absolute atomic E-state index is 0.0202. The summed E-state index contributed by atoms with van der Waals surface area (Å²) in [6, 6.07) is 14.6. The number of nitrogens with zero attached hydrogens (tertiary/aromatic N) is 1. The molecule has 3 amide bonds. The second-order valence-electron chi connectivity index (χ2n) is 6.19. The number of halogens is 1. The molecule has 2 aromatic carbocycles. The van der Waals surface area contributed by atoms with Crippen LogP contribution < -0.4 is 15.5 Å². The molecular formula is C19H20ClN3O2. The molecule has 0 aliphatic carbocycles. The van der Waals surface area contributed by atoms with E-state index in [1.54, 1.807) is 17.0 Å². The Bertz CT molecular complexity index is 759. The van der Waals surface area contributed by atoms with Crippen molar-refractivity contribution in [1.82, 2.24) is 10.6 Å². The first-order chi connectivity index (χ1) is 12.0. The number of urea groups is 1. The van der Waals surface area contributed by atoms with E-state index in [4.69, 9.17) is 11.6 Å². The molecule has 1 atom stereocenters. The molecule has 0 spiro atoms. The van der Waals surface area contributed by atoms with Crippen molar-refractivity contribution in [3.05, 3.63) is 64.7 Å². The van der Waals surface area contributed by atoms with Gasteiger partial charge in [0.05, 0.1) is 6.04 Å². The molecule has 0 aromatic heterocycles. The summed E-state index contributed by atoms with van der Waals surface area (Å²) in [5.41, 5.74) is 2.97. The van der Waals surface area contributed by atoms with Crippen molar-refractivity contribution in [3.63, 3.8) is 0 Å². The van der Waals surface area contributed by atoms with Crippen LogP contribution in [0.15, 0.2) is 48.5 Å². The summed E-state index contributed by atoms with van der Waals surface area (Å²) in [6.07, 6.45) is 0.308. The van der Waals surface area contributed by atoms with Crippen molar-refractivity contribution in [3.8, 4) is 0 Å². The molecule has 3 rings (SSSR count). The lowest BCUT2D eigenvalue weighted by molar-refractivity contribution is -0.117. The van der Waals surface area contributed by atoms with Gasteiger partial charge in [0.15, 0.2) is 0 Å². The summed E-state index contributed by atoms with van der Waals surface area (Å²) in [6.45, 7) is 2.90. The Morgan fingerprint density at radius 3 is 2.52 bits per heavy atom. The van der Waals surface area contributed by atoms with Crippen LogP contribution in [0.2, 0.25) is 5.02 Å². The number of nitrogens with one attached hydrogen (secondary N) is 2. The molecule has 1 aliphatic heterocycles. The SMILES string of the molecule is Cc1ccc(N2C[C@H](NC(=O)NCc3ccc(Cl)cc3)CC2=O)cc1. The van der Waals surface area contributed by atoms with Crippen LogP contribution >= 0.6 is 11.6 Å². The van der Waals surface area contributed by atoms with Gasteiger partial charge in [-0.1, -0.05) is 41.4 Å². The number of aryl methyl sites for hydroxylation is 1. The number of hydrogen-bond acceptors (Lipinski definition) is 2. The zero-order valence-corrected chi connectivity index (χ0v) is 14.7. The molecule has 1 heterocycles. The van der Waals surface area contributed by atoms with Crippen molar-refractivity contribution in [2.24, 2.45) is 0 Å². The molecule has 1 aliphatic rings. The molecular weight excluding hydrogens is 338 g/mol. The molecule has 0 saturated carbocycles. The lowest BCUT2D eigenvalue weighted by Gasteiger charge is -2.17. The third kappa shape index (κ3) is 4.51. The topological polar surface area (TPSA) is 61.4 Å². The van der Waals surface area contributed by atoms with Gasteiger partial charge in [-0.2, -0.15) is 0 Å². The van der Waals surface area contributed by atoms with Crippen LogP contribution in [0, 0.1) is 6.92 Å². The number of carbonyl (C=O) groups is 2. The van der Waals surface area contributed by atoms with E-state index in [1.807, 2.05) is 43.3 Å². The molecule has 6 heteroatoms. The normalized spacial score (nSPS) is 16.8. The predicted molar refractivity (Wildman–Crippen MR) is 98.8 cm³/mol. The number of amides is 3. The largest absolute Gasteiger partial charge is 0.334 e. The molecule has 2 aromatic rings. The quantitative estimate of drug-likeness (QED) is 0.882. The predicted octanol–water partition coefficient (Wildman–Crippen LogP) is 3.25. The van der Waals surface area contributed by atoms with Gasteiger partial charge in [-0.3, -0.25) is 4.79 Å². The standard InChI is InChI=1S/C19H20ClN3O2/c1-13-2-8-17(9-3-13)23-12-16(10-18(23)24)22-19(25)21-11-14-4-6-15(20)7-5-14/h2-9,16H,10-12H2,1H3,(H2,21,22,25)/t16-/m1/s1. The molecule has 1 fully saturated rings. The van der Waals surface area contributed by atoms with Crippen molar-refractivity contribution in [2.45, 2.75) is 25.9 Å². The van der Waals surface area contributed by atoms with Gasteiger partial charge in [0.25, 0.3) is 0 Å². The highest BCUT2D eigenvalue weighted by molar-refractivity contribution is 6.30. The van der Waals surface area contributed by atoms with E-state index < -0.39 is 0 Å². The van der Waals surface area contributed by atoms with Crippen molar-refractivity contribution in [2.75, 3.05) is 11.4 Å². The lowest BCUT2D eigenvalue weighted by Crippen LogP contribution is -2.43. The fourth-order valence-electron chi connectivity index (χ4n) is 2.80. The van der Waals surface area contributed by atoms with E-state index in [1.165, 1.54) is 0 Å². The van der Waals surface area contributed by atoms with Gasteiger partial charge in [0, 0.05) is 30.2 Å². The van der Waals surface area contributed by atoms with Gasteiger partial charge in [0.1, 0.15) is 0 Å². The zero-order chi connectivity index (χ0) is 17.8. The van der Waals surface area contributed by atoms with E-state index in [2.05, 4.69) is 10.6 Å². The second-order valence-corrected chi connectivity index (χ2v) is 6.63. The van der Waals surface area contributed by atoms with Crippen molar-refractivity contribution < 1.29 is 9.59 Å². The fourth-order valence-corrected chi connectivity index (χ4v) is 2.93. The van der Waals surface area contributed by atoms with Gasteiger partial charge in [-0.25, -0.2) is 4.79 Å². The smallest absolute Gasteiger partial charge is 0.315 e. The van der Waals surface area contributed by atoms with Gasteiger partial charge in [-0.15, -0.1) is 0 Å². The Morgan fingerprint density at radius 2 is 1.84 bits per heavy atom. The third-order valence-electron chi connectivity index (χ3n) is 4.17. The molecule has 2 N–H and O–H groups in total. The Kier molecular flexibility index (Phi) is 5.24. The van der Waals surface area contributed by atoms with Crippen LogP contribution in [0.25, 0.3) is 0 Å². The molecule has 0 radical (unpaired) electrons. The fraction of sp³-hybridized carbons (Fsp3) is 0.263. The van der Waals surface area contributed by atoms with Crippen LogP contribution in [-0.4, -0.2) is 24.5 Å². The van der Waals surface area contributed by atoms with Crippen LogP contribution in [0.4, 0.5) is 10.5 Å². The van der Waals surface area contributed by atoms with Gasteiger partial charge in [0.2, 0.25) is 5.91 Å². The number of rotatable bonds is 4. The van der Waals surface area contributed by atoms with Gasteiger partial charge >= 0.3 is 6.03 Å². The van der Waals surface area contributed by atoms with Crippen LogP contribution in [0.5, 0.6) is 0 Å². The number of hydrogen-bond donors (Lipinski definition) is 2. The maximum Gasteiger partial charge on any atom is 0.315 e. The average Bonchev–Trinajstić information content (AvgIpc) is 2.95. The van der Waals surface area contributed by atoms with Crippen molar-refractivity contribution >= 4 is 29.2 Å². The highest BCUT2D eigenvalue weighted by Crippen LogP contribution is 2.21. The summed E-state index contributed by atoms with van der Waals surface area (Å²) < 4.78 is 0. The first kappa shape index (κ1) is 17.3. The van der Waals surface area contributed by atoms with E-state index in [-0.39, 0.29) is 18.0 Å². The molecule has 5 nitrogen and oxygen atoms in total. The molecule has 130 valence electrons. The van der Waals surface area contributed by atoms with E-state index in [9.17, 15) is 9.59 Å². The van der Waals surface area contributed by atoms with E-state index in [0.29, 0.717) is 24.5 Å². The van der Waals surface area contributed by atoms with Gasteiger partial charge in [-0.05, 0) is 36.8 Å². The minimum atomic E-state index is -0.279. The number of benzene rings is 2. The van der Waals surface area contributed by atoms with Gasteiger partial charge < -0.3 is 15.5 Å². The highest BCUT2D eigenvalue weighted by Gasteiger charge is 2.31. The summed E-state index contributed by atoms with van der Waals surface area (Å²) in [7, 11) is 0.